The number of hydrogen-bond acceptors (Lipinski definition) is 5. The second kappa shape index (κ2) is 8.73. The van der Waals surface area contributed by atoms with Gasteiger partial charge in [-0.05, 0) is 50.8 Å². The number of nitrogens with zero attached hydrogens (tertiary/aromatic N) is 4. The Morgan fingerprint density at radius 3 is 2.68 bits per heavy atom. The molecule has 2 heterocycles. The van der Waals surface area contributed by atoms with Crippen LogP contribution >= 0.6 is 11.8 Å². The number of carbonyl (C=O) groups is 1. The number of carbonyl (C=O) groups excluding carboxylic acids is 1. The van der Waals surface area contributed by atoms with Gasteiger partial charge in [-0.15, -0.1) is 5.10 Å². The molecule has 1 unspecified atom stereocenters. The van der Waals surface area contributed by atoms with Crippen LogP contribution in [0.4, 0.5) is 0 Å². The maximum Gasteiger partial charge on any atom is 0.253 e. The van der Waals surface area contributed by atoms with Crippen molar-refractivity contribution >= 4 is 23.4 Å². The first kappa shape index (κ1) is 20.3. The van der Waals surface area contributed by atoms with Crippen molar-refractivity contribution in [1.29, 1.82) is 0 Å². The van der Waals surface area contributed by atoms with E-state index in [0.29, 0.717) is 16.7 Å². The molecule has 0 spiro atoms. The summed E-state index contributed by atoms with van der Waals surface area (Å²) in [5.41, 5.74) is 5.72. The number of rotatable bonds is 7. The highest BCUT2D eigenvalue weighted by atomic mass is 32.2. The Balaban J connectivity index is 1.81. The molecular weight excluding hydrogens is 370 g/mol. The molecule has 1 N–H and O–H groups in total. The van der Waals surface area contributed by atoms with Crippen molar-refractivity contribution in [3.8, 4) is 0 Å². The minimum Gasteiger partial charge on any atom is -0.353 e. The lowest BCUT2D eigenvalue weighted by Crippen LogP contribution is -2.33. The molecule has 3 aromatic rings. The standard InChI is InChI=1S/C21H27N5OS/c1-6-14(3)22-19(27)12-28-21-24-20-23-15(4)18(16(5)26(20)25-21)11-17-10-8-7-9-13(17)2/h7-10,14H,6,11-12H2,1-5H3,(H,22,27). The zero-order valence-corrected chi connectivity index (χ0v) is 17.9. The number of aryl methyl sites for hydroxylation is 3. The fraction of sp³-hybridized carbons (Fsp3) is 0.429. The first-order valence-electron chi connectivity index (χ1n) is 9.58. The summed E-state index contributed by atoms with van der Waals surface area (Å²) in [5, 5.41) is 8.10. The highest BCUT2D eigenvalue weighted by Crippen LogP contribution is 2.21. The van der Waals surface area contributed by atoms with E-state index in [1.165, 1.54) is 22.9 Å². The van der Waals surface area contributed by atoms with Crippen LogP contribution in [-0.4, -0.2) is 37.3 Å². The lowest BCUT2D eigenvalue weighted by atomic mass is 9.99. The molecule has 0 fully saturated rings. The van der Waals surface area contributed by atoms with Crippen molar-refractivity contribution < 1.29 is 4.79 Å². The molecule has 0 aliphatic heterocycles. The molecule has 2 aromatic heterocycles. The van der Waals surface area contributed by atoms with E-state index in [1.807, 2.05) is 27.7 Å². The number of nitrogens with one attached hydrogen (secondary N) is 1. The van der Waals surface area contributed by atoms with Gasteiger partial charge in [0.05, 0.1) is 5.75 Å². The van der Waals surface area contributed by atoms with Crippen LogP contribution in [0.2, 0.25) is 0 Å². The van der Waals surface area contributed by atoms with E-state index in [2.05, 4.69) is 51.6 Å². The van der Waals surface area contributed by atoms with Gasteiger partial charge in [0.2, 0.25) is 11.1 Å². The van der Waals surface area contributed by atoms with Crippen molar-refractivity contribution in [2.45, 2.75) is 58.7 Å². The molecule has 148 valence electrons. The predicted octanol–water partition coefficient (Wildman–Crippen LogP) is 3.65. The van der Waals surface area contributed by atoms with Crippen LogP contribution in [0, 0.1) is 20.8 Å². The van der Waals surface area contributed by atoms with Gasteiger partial charge >= 0.3 is 0 Å². The van der Waals surface area contributed by atoms with Gasteiger partial charge in [0.25, 0.3) is 5.78 Å². The van der Waals surface area contributed by atoms with Crippen molar-refractivity contribution in [1.82, 2.24) is 24.9 Å². The molecule has 1 amide bonds. The third-order valence-corrected chi connectivity index (χ3v) is 5.85. The van der Waals surface area contributed by atoms with E-state index in [9.17, 15) is 4.79 Å². The summed E-state index contributed by atoms with van der Waals surface area (Å²) in [7, 11) is 0. The van der Waals surface area contributed by atoms with Gasteiger partial charge in [-0.2, -0.15) is 4.98 Å². The number of benzene rings is 1. The molecular formula is C21H27N5OS. The van der Waals surface area contributed by atoms with E-state index in [0.717, 1.165) is 29.8 Å². The largest absolute Gasteiger partial charge is 0.353 e. The molecule has 0 bridgehead atoms. The van der Waals surface area contributed by atoms with Crippen LogP contribution in [0.3, 0.4) is 0 Å². The number of hydrogen-bond donors (Lipinski definition) is 1. The SMILES string of the molecule is CCC(C)NC(=O)CSc1nc2nc(C)c(Cc3ccccc3C)c(C)n2n1. The van der Waals surface area contributed by atoms with Crippen LogP contribution in [0.15, 0.2) is 29.4 Å². The van der Waals surface area contributed by atoms with Crippen LogP contribution in [0.25, 0.3) is 5.78 Å². The van der Waals surface area contributed by atoms with E-state index in [1.54, 1.807) is 4.52 Å². The van der Waals surface area contributed by atoms with Gasteiger partial charge in [0.15, 0.2) is 0 Å². The highest BCUT2D eigenvalue weighted by molar-refractivity contribution is 7.99. The number of fused-ring (bicyclic) bond motifs is 1. The molecule has 7 heteroatoms. The third kappa shape index (κ3) is 4.52. The average Bonchev–Trinajstić information content (AvgIpc) is 3.07. The Kier molecular flexibility index (Phi) is 6.34. The van der Waals surface area contributed by atoms with Gasteiger partial charge < -0.3 is 5.32 Å². The van der Waals surface area contributed by atoms with Crippen LogP contribution in [-0.2, 0) is 11.2 Å². The highest BCUT2D eigenvalue weighted by Gasteiger charge is 2.16. The maximum atomic E-state index is 12.0. The molecule has 0 saturated heterocycles. The molecule has 6 nitrogen and oxygen atoms in total. The van der Waals surface area contributed by atoms with Crippen LogP contribution in [0.5, 0.6) is 0 Å². The Morgan fingerprint density at radius 2 is 1.96 bits per heavy atom. The topological polar surface area (TPSA) is 72.2 Å². The summed E-state index contributed by atoms with van der Waals surface area (Å²) in [6, 6.07) is 8.57. The van der Waals surface area contributed by atoms with Gasteiger partial charge in [0.1, 0.15) is 0 Å². The normalized spacial score (nSPS) is 12.3. The lowest BCUT2D eigenvalue weighted by Gasteiger charge is -2.12. The second-order valence-corrected chi connectivity index (χ2v) is 8.08. The van der Waals surface area contributed by atoms with Crippen molar-refractivity contribution in [3.05, 3.63) is 52.3 Å². The van der Waals surface area contributed by atoms with Crippen molar-refractivity contribution in [2.75, 3.05) is 5.75 Å². The predicted molar refractivity (Wildman–Crippen MR) is 113 cm³/mol. The molecule has 0 saturated carbocycles. The summed E-state index contributed by atoms with van der Waals surface area (Å²) >= 11 is 1.34. The molecule has 1 aromatic carbocycles. The average molecular weight is 398 g/mol. The van der Waals surface area contributed by atoms with Gasteiger partial charge in [-0.25, -0.2) is 9.50 Å². The van der Waals surface area contributed by atoms with Crippen molar-refractivity contribution in [2.24, 2.45) is 0 Å². The summed E-state index contributed by atoms with van der Waals surface area (Å²) < 4.78 is 1.79. The lowest BCUT2D eigenvalue weighted by molar-refractivity contribution is -0.119. The quantitative estimate of drug-likeness (QED) is 0.616. The Morgan fingerprint density at radius 1 is 1.21 bits per heavy atom. The minimum atomic E-state index is -0.000639. The second-order valence-electron chi connectivity index (χ2n) is 7.14. The van der Waals surface area contributed by atoms with Gasteiger partial charge in [-0.3, -0.25) is 4.79 Å². The molecule has 28 heavy (non-hydrogen) atoms. The number of thioether (sulfide) groups is 1. The number of aromatic nitrogens is 4. The Bertz CT molecular complexity index is 998. The van der Waals surface area contributed by atoms with Gasteiger partial charge in [-0.1, -0.05) is 43.0 Å². The molecule has 3 rings (SSSR count). The van der Waals surface area contributed by atoms with Crippen LogP contribution < -0.4 is 5.32 Å². The zero-order chi connectivity index (χ0) is 20.3. The number of amides is 1. The van der Waals surface area contributed by atoms with Gasteiger partial charge in [0, 0.05) is 23.9 Å². The summed E-state index contributed by atoms with van der Waals surface area (Å²) in [6.45, 7) is 10.2. The monoisotopic (exact) mass is 397 g/mol. The fourth-order valence-electron chi connectivity index (χ4n) is 3.05. The fourth-order valence-corrected chi connectivity index (χ4v) is 3.68. The molecule has 0 aliphatic carbocycles. The van der Waals surface area contributed by atoms with E-state index in [-0.39, 0.29) is 11.9 Å². The van der Waals surface area contributed by atoms with Crippen molar-refractivity contribution in [3.63, 3.8) is 0 Å². The summed E-state index contributed by atoms with van der Waals surface area (Å²) in [4.78, 5) is 21.1. The maximum absolute atomic E-state index is 12.0. The van der Waals surface area contributed by atoms with E-state index >= 15 is 0 Å². The summed E-state index contributed by atoms with van der Waals surface area (Å²) in [5.74, 6) is 0.877. The van der Waals surface area contributed by atoms with Crippen LogP contribution in [0.1, 0.15) is 48.3 Å². The molecule has 0 radical (unpaired) electrons. The summed E-state index contributed by atoms with van der Waals surface area (Å²) in [6.07, 6.45) is 1.72. The Labute approximate surface area is 170 Å². The third-order valence-electron chi connectivity index (χ3n) is 5.01. The van der Waals surface area contributed by atoms with E-state index < -0.39 is 0 Å². The van der Waals surface area contributed by atoms with E-state index in [4.69, 9.17) is 0 Å². The molecule has 1 atom stereocenters. The first-order chi connectivity index (χ1) is 13.4. The Hall–Kier alpha value is -2.41. The molecule has 0 aliphatic rings. The first-order valence-corrected chi connectivity index (χ1v) is 10.6. The minimum absolute atomic E-state index is 0.000639. The zero-order valence-electron chi connectivity index (χ0n) is 17.1. The smallest absolute Gasteiger partial charge is 0.253 e.